The Morgan fingerprint density at radius 1 is 0.430 bits per heavy atom. The van der Waals surface area contributed by atoms with Gasteiger partial charge in [-0.3, -0.25) is 14.0 Å². The largest absolute Gasteiger partial charge is 0.476 e. The number of nitrogens with one attached hydrogen (secondary N) is 5. The molecule has 5 N–H and O–H groups in total. The number of H-pyrrole nitrogens is 5. The van der Waals surface area contributed by atoms with Crippen LogP contribution in [-0.2, 0) is 58.4 Å². The molecule has 0 saturated heterocycles. The van der Waals surface area contributed by atoms with Crippen molar-refractivity contribution in [1.29, 1.82) is 5.26 Å². The molecule has 15 aromatic heterocycles. The molecule has 33 nitrogen and oxygen atoms in total. The zero-order valence-electron chi connectivity index (χ0n) is 60.9. The van der Waals surface area contributed by atoms with Gasteiger partial charge in [-0.2, -0.15) is 30.8 Å². The maximum atomic E-state index is 9.04. The summed E-state index contributed by atoms with van der Waals surface area (Å²) in [7, 11) is 10.4. The van der Waals surface area contributed by atoms with Crippen LogP contribution < -0.4 is 29.2 Å². The molecule has 20 rings (SSSR count). The quantitative estimate of drug-likeness (QED) is 0.0856. The molecule has 107 heavy (non-hydrogen) atoms. The predicted octanol–water partition coefficient (Wildman–Crippen LogP) is 8.47. The van der Waals surface area contributed by atoms with Gasteiger partial charge in [0.05, 0.1) is 107 Å². The number of rotatable bonds is 10. The third-order valence-corrected chi connectivity index (χ3v) is 21.1. The average Bonchev–Trinajstić information content (AvgIpc) is 1.71. The van der Waals surface area contributed by atoms with Gasteiger partial charge in [-0.05, 0) is 108 Å². The fourth-order valence-corrected chi connectivity index (χ4v) is 15.4. The lowest BCUT2D eigenvalue weighted by Gasteiger charge is -2.37. The third kappa shape index (κ3) is 14.0. The van der Waals surface area contributed by atoms with Crippen molar-refractivity contribution in [2.24, 2.45) is 5.92 Å². The van der Waals surface area contributed by atoms with Gasteiger partial charge in [0.1, 0.15) is 113 Å². The van der Waals surface area contributed by atoms with Gasteiger partial charge >= 0.3 is 0 Å². The molecule has 0 amide bonds. The number of fused-ring (bicyclic) bond motifs is 10. The number of ether oxygens (including phenoxy) is 1. The molecule has 20 heterocycles. The van der Waals surface area contributed by atoms with Crippen molar-refractivity contribution in [3.63, 3.8) is 0 Å². The summed E-state index contributed by atoms with van der Waals surface area (Å²) in [4.78, 5) is 74.7. The summed E-state index contributed by atoms with van der Waals surface area (Å²) in [6.45, 7) is 15.1. The summed E-state index contributed by atoms with van der Waals surface area (Å²) in [5.41, 5.74) is 11.8. The van der Waals surface area contributed by atoms with E-state index < -0.39 is 0 Å². The van der Waals surface area contributed by atoms with Crippen molar-refractivity contribution in [1.82, 2.24) is 129 Å². The summed E-state index contributed by atoms with van der Waals surface area (Å²) in [5, 5.41) is 36.7. The average molecular weight is 1440 g/mol. The van der Waals surface area contributed by atoms with E-state index in [2.05, 4.69) is 199 Å². The maximum absolute atomic E-state index is 9.04. The lowest BCUT2D eigenvalue weighted by atomic mass is 9.92. The Hall–Kier alpha value is -12.6. The zero-order valence-corrected chi connectivity index (χ0v) is 60.9. The molecule has 0 aromatic carbocycles. The van der Waals surface area contributed by atoms with E-state index in [9.17, 15) is 0 Å². The molecule has 0 aliphatic carbocycles. The van der Waals surface area contributed by atoms with E-state index in [0.717, 1.165) is 196 Å². The Morgan fingerprint density at radius 3 is 1.34 bits per heavy atom. The van der Waals surface area contributed by atoms with Gasteiger partial charge < -0.3 is 54.2 Å². The molecule has 15 aromatic rings. The van der Waals surface area contributed by atoms with Gasteiger partial charge in [-0.1, -0.05) is 14.4 Å². The van der Waals surface area contributed by atoms with Crippen LogP contribution in [-0.4, -0.2) is 201 Å². The smallest absolute Gasteiger partial charge is 0.212 e. The number of nitriles is 1. The fraction of sp³-hybridized carbons (Fsp3) is 0.392. The van der Waals surface area contributed by atoms with Crippen molar-refractivity contribution in [2.75, 3.05) is 66.3 Å². The second-order valence-corrected chi connectivity index (χ2v) is 28.0. The minimum atomic E-state index is 0. The number of aromatic nitrogens is 26. The van der Waals surface area contributed by atoms with E-state index in [4.69, 9.17) is 10.00 Å². The minimum absolute atomic E-state index is 0. The number of anilines is 5. The van der Waals surface area contributed by atoms with Crippen LogP contribution in [0, 0.1) is 44.9 Å². The molecule has 5 aliphatic rings. The van der Waals surface area contributed by atoms with Gasteiger partial charge in [0, 0.05) is 102 Å². The standard InChI is InChI=1S/C16H17N7.C15H18N6.C14H17N7.C14H16N6O.C14H16N6.CH4/c1-10-5-12-6-11(7-17)21-23(12)8-14(10)22(2)16-13-3-4-18-15(13)19-9-20-16;1-10-7-11-3-4-12(8-21(11)19-10)20(2)15-13-5-6-16-14(13)17-9-18-15;1-9-18-12-4-3-10(7-21(12)19-9)20(2)14-11-5-6-15-13(11)16-8-17-14;1-9-5-12-20(18-9)6-10(7-21-12)19(2)14-11-3-4-15-13(11)16-8-17-14;1-9-5-10-6-11(7-20(10)18-9)19(2)14-12-3-4-15-13(12)16-8-17-14;/h3-4,6,9-10,14H,5,8H2,1-2H3,(H,18,19,20);5-7,9,12H,3-4,8H2,1-2H3,(H,16,17,18);5-6,8,10H,3-4,7H2,1-2H3,(H,15,16,17);3-5,8,10H,6-7H2,1-2H3,(H,15,16,17);3-5,8,11H,6-7H2,1-2H3,(H,15,16,17);1H4. The summed E-state index contributed by atoms with van der Waals surface area (Å²) in [6, 6.07) is 22.0. The maximum Gasteiger partial charge on any atom is 0.212 e. The van der Waals surface area contributed by atoms with Crippen LogP contribution in [0.2, 0.25) is 0 Å². The molecule has 6 atom stereocenters. The van der Waals surface area contributed by atoms with E-state index in [1.54, 1.807) is 31.6 Å². The molecule has 6 unspecified atom stereocenters. The molecule has 0 radical (unpaired) electrons. The van der Waals surface area contributed by atoms with Crippen molar-refractivity contribution in [2.45, 2.75) is 144 Å². The van der Waals surface area contributed by atoms with E-state index in [1.165, 1.54) is 11.4 Å². The minimum Gasteiger partial charge on any atom is -0.476 e. The summed E-state index contributed by atoms with van der Waals surface area (Å²) < 4.78 is 15.9. The van der Waals surface area contributed by atoms with Crippen LogP contribution in [0.1, 0.15) is 78.7 Å². The highest BCUT2D eigenvalue weighted by atomic mass is 16.5. The van der Waals surface area contributed by atoms with Crippen molar-refractivity contribution in [3.05, 3.63) is 169 Å². The molecular formula is C74H88N32O. The van der Waals surface area contributed by atoms with Crippen LogP contribution in [0.15, 0.2) is 117 Å². The highest BCUT2D eigenvalue weighted by Gasteiger charge is 2.34. The van der Waals surface area contributed by atoms with E-state index in [1.807, 2.05) is 115 Å². The Balaban J connectivity index is 0.000000107. The second kappa shape index (κ2) is 29.5. The van der Waals surface area contributed by atoms with E-state index in [-0.39, 0.29) is 19.5 Å². The third-order valence-electron chi connectivity index (χ3n) is 21.1. The van der Waals surface area contributed by atoms with Gasteiger partial charge in [-0.25, -0.2) is 64.2 Å². The second-order valence-electron chi connectivity index (χ2n) is 28.0. The molecule has 0 bridgehead atoms. The summed E-state index contributed by atoms with van der Waals surface area (Å²) >= 11 is 0. The summed E-state index contributed by atoms with van der Waals surface area (Å²) in [5.74, 6) is 7.97. The van der Waals surface area contributed by atoms with Crippen LogP contribution in [0.5, 0.6) is 5.88 Å². The number of nitrogens with zero attached hydrogens (tertiary/aromatic N) is 27. The predicted molar refractivity (Wildman–Crippen MR) is 408 cm³/mol. The summed E-state index contributed by atoms with van der Waals surface area (Å²) in [6.07, 6.45) is 23.6. The highest BCUT2D eigenvalue weighted by Crippen LogP contribution is 2.34. The molecule has 550 valence electrons. The first-order valence-electron chi connectivity index (χ1n) is 35.7. The number of aromatic amines is 5. The SMILES string of the molecule is C.CC1Cc2cc(C#N)nn2CC1N(C)c1ncnc2[nH]ccc12.Cc1cc2n(n1)CC(N(C)c1ncnc3[nH]ccc13)C2.Cc1cc2n(n1)CC(N(C)c1ncnc3[nH]ccc13)CC2.Cc1cc2n(n1)CC(N(C)c1ncnc3[nH]ccc13)CO2.Cc1nc2n(n1)CC(N(C)c1ncnc3[nH]ccc13)CC2. The van der Waals surface area contributed by atoms with Crippen LogP contribution >= 0.6 is 0 Å². The molecule has 0 saturated carbocycles. The Bertz CT molecular complexity index is 5290. The van der Waals surface area contributed by atoms with Crippen LogP contribution in [0.25, 0.3) is 55.2 Å². The highest BCUT2D eigenvalue weighted by molar-refractivity contribution is 5.90. The number of hydrogen-bond acceptors (Lipinski definition) is 23. The molecule has 33 heteroatoms. The number of aryl methyl sites for hydroxylation is 6. The zero-order chi connectivity index (χ0) is 72.9. The Morgan fingerprint density at radius 2 is 0.832 bits per heavy atom. The van der Waals surface area contributed by atoms with Gasteiger partial charge in [0.2, 0.25) is 5.88 Å². The van der Waals surface area contributed by atoms with Gasteiger partial charge in [0.25, 0.3) is 0 Å². The van der Waals surface area contributed by atoms with Crippen molar-refractivity contribution >= 4 is 84.3 Å². The van der Waals surface area contributed by atoms with E-state index >= 15 is 0 Å². The first-order chi connectivity index (χ1) is 51.6. The first-order valence-corrected chi connectivity index (χ1v) is 35.7. The number of hydrogen-bond donors (Lipinski definition) is 5. The topological polar surface area (TPSA) is 359 Å². The molecular weight excluding hydrogens is 1350 g/mol. The van der Waals surface area contributed by atoms with E-state index in [0.29, 0.717) is 36.3 Å². The molecule has 5 aliphatic heterocycles. The number of likely N-dealkylation sites (N-methyl/N-ethyl adjacent to an activating group) is 5. The van der Waals surface area contributed by atoms with Gasteiger partial charge in [0.15, 0.2) is 5.69 Å². The molecule has 0 fully saturated rings. The Kier molecular flexibility index (Phi) is 19.3. The first kappa shape index (κ1) is 70.1. The van der Waals surface area contributed by atoms with Crippen molar-refractivity contribution in [3.8, 4) is 11.9 Å². The van der Waals surface area contributed by atoms with Crippen LogP contribution in [0.3, 0.4) is 0 Å². The lowest BCUT2D eigenvalue weighted by Crippen LogP contribution is -2.45. The molecule has 0 spiro atoms. The normalized spacial score (nSPS) is 18.1. The monoisotopic (exact) mass is 1440 g/mol. The van der Waals surface area contributed by atoms with Crippen molar-refractivity contribution < 1.29 is 4.74 Å². The Labute approximate surface area is 616 Å². The fourth-order valence-electron chi connectivity index (χ4n) is 15.4. The lowest BCUT2D eigenvalue weighted by molar-refractivity contribution is 0.202. The van der Waals surface area contributed by atoms with Gasteiger partial charge in [-0.15, -0.1) is 0 Å². The van der Waals surface area contributed by atoms with Crippen LogP contribution in [0.4, 0.5) is 29.1 Å².